The van der Waals surface area contributed by atoms with Crippen LogP contribution in [-0.2, 0) is 14.3 Å². The Morgan fingerprint density at radius 1 is 0.958 bits per heavy atom. The third-order valence-electron chi connectivity index (χ3n) is 3.71. The fraction of sp³-hybridized carbons (Fsp3) is 0.571. The molecular formula is C21H30O3. The number of unbranched alkanes of at least 4 members (excludes halogenated alkanes) is 4. The highest BCUT2D eigenvalue weighted by atomic mass is 16.7. The highest BCUT2D eigenvalue weighted by molar-refractivity contribution is 5.89. The summed E-state index contributed by atoms with van der Waals surface area (Å²) in [5, 5.41) is 0. The van der Waals surface area contributed by atoms with Gasteiger partial charge in [-0.1, -0.05) is 56.7 Å². The molecule has 0 aliphatic carbocycles. The molecule has 0 saturated carbocycles. The van der Waals surface area contributed by atoms with Gasteiger partial charge in [0, 0.05) is 25.2 Å². The van der Waals surface area contributed by atoms with E-state index in [-0.39, 0.29) is 5.78 Å². The number of hydrogen-bond acceptors (Lipinski definition) is 3. The van der Waals surface area contributed by atoms with Gasteiger partial charge in [0.25, 0.3) is 5.79 Å². The maximum absolute atomic E-state index is 12.7. The number of carbonyl (C=O) groups excluding carboxylic acids is 1. The molecule has 0 fully saturated rings. The molecule has 0 aromatic heterocycles. The van der Waals surface area contributed by atoms with Gasteiger partial charge in [0.1, 0.15) is 0 Å². The predicted molar refractivity (Wildman–Crippen MR) is 97.7 cm³/mol. The van der Waals surface area contributed by atoms with Crippen molar-refractivity contribution in [3.63, 3.8) is 0 Å². The number of rotatable bonds is 11. The van der Waals surface area contributed by atoms with Crippen molar-refractivity contribution in [1.29, 1.82) is 0 Å². The molecule has 0 aliphatic heterocycles. The molecular weight excluding hydrogens is 300 g/mol. The van der Waals surface area contributed by atoms with Crippen molar-refractivity contribution in [3.8, 4) is 11.8 Å². The molecule has 0 saturated heterocycles. The SMILES string of the molecule is CCCCCCCC(=O)C(C#Cc1ccccc1)(OCC)OCC. The summed E-state index contributed by atoms with van der Waals surface area (Å²) in [6.45, 7) is 6.65. The Hall–Kier alpha value is -1.63. The van der Waals surface area contributed by atoms with Gasteiger partial charge in [-0.05, 0) is 38.3 Å². The zero-order chi connectivity index (χ0) is 17.7. The summed E-state index contributed by atoms with van der Waals surface area (Å²) >= 11 is 0. The summed E-state index contributed by atoms with van der Waals surface area (Å²) in [6.07, 6.45) is 5.92. The number of ketones is 1. The van der Waals surface area contributed by atoms with Gasteiger partial charge in [-0.2, -0.15) is 0 Å². The molecule has 0 spiro atoms. The molecule has 0 heterocycles. The summed E-state index contributed by atoms with van der Waals surface area (Å²) < 4.78 is 11.4. The average molecular weight is 330 g/mol. The highest BCUT2D eigenvalue weighted by Crippen LogP contribution is 2.19. The summed E-state index contributed by atoms with van der Waals surface area (Å²) in [7, 11) is 0. The van der Waals surface area contributed by atoms with Gasteiger partial charge in [-0.15, -0.1) is 0 Å². The zero-order valence-corrected chi connectivity index (χ0v) is 15.3. The van der Waals surface area contributed by atoms with Gasteiger partial charge in [-0.25, -0.2) is 0 Å². The Morgan fingerprint density at radius 2 is 1.58 bits per heavy atom. The highest BCUT2D eigenvalue weighted by Gasteiger charge is 2.37. The minimum absolute atomic E-state index is 0.0777. The van der Waals surface area contributed by atoms with Gasteiger partial charge < -0.3 is 9.47 Å². The second-order valence-electron chi connectivity index (χ2n) is 5.69. The maximum atomic E-state index is 12.7. The van der Waals surface area contributed by atoms with Crippen molar-refractivity contribution in [2.45, 2.75) is 65.1 Å². The molecule has 0 amide bonds. The molecule has 0 aliphatic rings. The Kier molecular flexibility index (Phi) is 10.1. The molecule has 1 aromatic rings. The number of hydrogen-bond donors (Lipinski definition) is 0. The molecule has 0 unspecified atom stereocenters. The van der Waals surface area contributed by atoms with Crippen molar-refractivity contribution >= 4 is 5.78 Å². The molecule has 3 nitrogen and oxygen atoms in total. The Balaban J connectivity index is 2.84. The largest absolute Gasteiger partial charge is 0.334 e. The van der Waals surface area contributed by atoms with Crippen LogP contribution in [0.5, 0.6) is 0 Å². The number of benzene rings is 1. The van der Waals surface area contributed by atoms with E-state index in [0.717, 1.165) is 24.8 Å². The lowest BCUT2D eigenvalue weighted by Gasteiger charge is -2.26. The van der Waals surface area contributed by atoms with Crippen LogP contribution in [0, 0.1) is 11.8 Å². The number of Topliss-reactive ketones (excluding diaryl/α,β-unsaturated/α-hetero) is 1. The van der Waals surface area contributed by atoms with E-state index in [4.69, 9.17) is 9.47 Å². The van der Waals surface area contributed by atoms with Crippen LogP contribution in [0.2, 0.25) is 0 Å². The predicted octanol–water partition coefficient (Wildman–Crippen LogP) is 4.74. The third kappa shape index (κ3) is 6.86. The van der Waals surface area contributed by atoms with E-state index in [1.165, 1.54) is 12.8 Å². The first kappa shape index (κ1) is 20.4. The van der Waals surface area contributed by atoms with Crippen LogP contribution in [0.15, 0.2) is 30.3 Å². The van der Waals surface area contributed by atoms with Crippen LogP contribution in [-0.4, -0.2) is 24.8 Å². The molecule has 132 valence electrons. The summed E-state index contributed by atoms with van der Waals surface area (Å²) in [4.78, 5) is 12.7. The summed E-state index contributed by atoms with van der Waals surface area (Å²) in [5.41, 5.74) is 0.844. The van der Waals surface area contributed by atoms with Gasteiger partial charge in [0.15, 0.2) is 0 Å². The first-order chi connectivity index (χ1) is 11.7. The second-order valence-corrected chi connectivity index (χ2v) is 5.69. The van der Waals surface area contributed by atoms with Crippen LogP contribution < -0.4 is 0 Å². The van der Waals surface area contributed by atoms with Gasteiger partial charge in [0.05, 0.1) is 0 Å². The van der Waals surface area contributed by atoms with Crippen LogP contribution in [0.3, 0.4) is 0 Å². The van der Waals surface area contributed by atoms with E-state index >= 15 is 0 Å². The lowest BCUT2D eigenvalue weighted by Crippen LogP contribution is -2.43. The lowest BCUT2D eigenvalue weighted by molar-refractivity contribution is -0.198. The molecule has 0 bridgehead atoms. The molecule has 1 rings (SSSR count). The molecule has 0 N–H and O–H groups in total. The van der Waals surface area contributed by atoms with E-state index in [2.05, 4.69) is 18.8 Å². The van der Waals surface area contributed by atoms with Crippen molar-refractivity contribution < 1.29 is 14.3 Å². The summed E-state index contributed by atoms with van der Waals surface area (Å²) in [6, 6.07) is 9.59. The Bertz CT molecular complexity index is 519. The zero-order valence-electron chi connectivity index (χ0n) is 15.3. The minimum atomic E-state index is -1.44. The quantitative estimate of drug-likeness (QED) is 0.334. The van der Waals surface area contributed by atoms with Crippen LogP contribution in [0.4, 0.5) is 0 Å². The normalized spacial score (nSPS) is 11.0. The van der Waals surface area contributed by atoms with Crippen molar-refractivity contribution in [1.82, 2.24) is 0 Å². The smallest absolute Gasteiger partial charge is 0.295 e. The standard InChI is InChI=1S/C21H30O3/c1-4-7-8-9-13-16-20(22)21(23-5-2,24-6-3)18-17-19-14-11-10-12-15-19/h10-12,14-15H,4-9,13,16H2,1-3H3. The minimum Gasteiger partial charge on any atom is -0.334 e. The summed E-state index contributed by atoms with van der Waals surface area (Å²) in [5.74, 6) is 4.47. The van der Waals surface area contributed by atoms with Crippen LogP contribution in [0.25, 0.3) is 0 Å². The third-order valence-corrected chi connectivity index (χ3v) is 3.71. The Morgan fingerprint density at radius 3 is 2.17 bits per heavy atom. The van der Waals surface area contributed by atoms with Crippen molar-refractivity contribution in [3.05, 3.63) is 35.9 Å². The Labute approximate surface area is 146 Å². The van der Waals surface area contributed by atoms with Gasteiger partial charge >= 0.3 is 0 Å². The number of carbonyl (C=O) groups is 1. The fourth-order valence-electron chi connectivity index (χ4n) is 2.48. The molecule has 0 radical (unpaired) electrons. The van der Waals surface area contributed by atoms with E-state index in [0.29, 0.717) is 19.6 Å². The van der Waals surface area contributed by atoms with E-state index in [9.17, 15) is 4.79 Å². The lowest BCUT2D eigenvalue weighted by atomic mass is 10.0. The second kappa shape index (κ2) is 11.8. The maximum Gasteiger partial charge on any atom is 0.295 e. The molecule has 24 heavy (non-hydrogen) atoms. The topological polar surface area (TPSA) is 35.5 Å². The molecule has 3 heteroatoms. The van der Waals surface area contributed by atoms with Crippen LogP contribution in [0.1, 0.15) is 64.9 Å². The first-order valence-corrected chi connectivity index (χ1v) is 9.08. The van der Waals surface area contributed by atoms with Crippen molar-refractivity contribution in [2.75, 3.05) is 13.2 Å². The fourth-order valence-corrected chi connectivity index (χ4v) is 2.48. The van der Waals surface area contributed by atoms with Crippen LogP contribution >= 0.6 is 0 Å². The van der Waals surface area contributed by atoms with Crippen molar-refractivity contribution in [2.24, 2.45) is 0 Å². The van der Waals surface area contributed by atoms with E-state index < -0.39 is 5.79 Å². The molecule has 0 atom stereocenters. The monoisotopic (exact) mass is 330 g/mol. The first-order valence-electron chi connectivity index (χ1n) is 9.08. The average Bonchev–Trinajstić information content (AvgIpc) is 2.60. The van der Waals surface area contributed by atoms with E-state index in [1.54, 1.807) is 0 Å². The van der Waals surface area contributed by atoms with Gasteiger partial charge in [-0.3, -0.25) is 4.79 Å². The number of ether oxygens (including phenoxy) is 2. The van der Waals surface area contributed by atoms with Gasteiger partial charge in [0.2, 0.25) is 5.78 Å². The molecule has 1 aromatic carbocycles. The van der Waals surface area contributed by atoms with E-state index in [1.807, 2.05) is 44.2 Å².